The van der Waals surface area contributed by atoms with E-state index in [2.05, 4.69) is 4.98 Å². The van der Waals surface area contributed by atoms with Crippen LogP contribution < -0.4 is 0 Å². The van der Waals surface area contributed by atoms with Gasteiger partial charge in [-0.25, -0.2) is 13.2 Å². The number of nitrogens with zero attached hydrogens (tertiary/aromatic N) is 3. The molecule has 2 heterocycles. The van der Waals surface area contributed by atoms with Gasteiger partial charge < -0.3 is 9.64 Å². The predicted octanol–water partition coefficient (Wildman–Crippen LogP) is 1.39. The lowest BCUT2D eigenvalue weighted by Gasteiger charge is -2.34. The second-order valence-corrected chi connectivity index (χ2v) is 8.79. The molecule has 8 nitrogen and oxygen atoms in total. The number of ether oxygens (including phenoxy) is 1. The van der Waals surface area contributed by atoms with Crippen molar-refractivity contribution in [3.8, 4) is 0 Å². The van der Waals surface area contributed by atoms with Gasteiger partial charge in [-0.2, -0.15) is 4.31 Å². The minimum absolute atomic E-state index is 0.192. The Labute approximate surface area is 170 Å². The molecule has 1 aliphatic heterocycles. The number of piperazine rings is 1. The highest BCUT2D eigenvalue weighted by atomic mass is 32.2. The zero-order valence-corrected chi connectivity index (χ0v) is 17.2. The van der Waals surface area contributed by atoms with Gasteiger partial charge in [-0.3, -0.25) is 9.78 Å². The summed E-state index contributed by atoms with van der Waals surface area (Å²) < 4.78 is 32.1. The maximum atomic E-state index is 12.8. The van der Waals surface area contributed by atoms with Crippen LogP contribution in [0.25, 0.3) is 0 Å². The van der Waals surface area contributed by atoms with Crippen molar-refractivity contribution in [2.24, 2.45) is 0 Å². The molecule has 0 saturated carbocycles. The van der Waals surface area contributed by atoms with E-state index >= 15 is 0 Å². The molecule has 0 N–H and O–H groups in total. The van der Waals surface area contributed by atoms with Gasteiger partial charge in [-0.1, -0.05) is 6.07 Å². The molecule has 2 aromatic rings. The molecule has 1 saturated heterocycles. The summed E-state index contributed by atoms with van der Waals surface area (Å²) in [5, 5.41) is 0. The Morgan fingerprint density at radius 1 is 1.07 bits per heavy atom. The first-order valence-corrected chi connectivity index (χ1v) is 10.7. The largest absolute Gasteiger partial charge is 0.452 e. The van der Waals surface area contributed by atoms with Crippen LogP contribution in [0, 0.1) is 13.8 Å². The first-order valence-electron chi connectivity index (χ1n) is 9.21. The minimum Gasteiger partial charge on any atom is -0.452 e. The SMILES string of the molecule is Cc1ccc(S(=O)(=O)N2CCN(C(=O)COC(=O)c3cccnc3)CC2)cc1C. The Kier molecular flexibility index (Phi) is 6.29. The Balaban J connectivity index is 1.55. The highest BCUT2D eigenvalue weighted by Crippen LogP contribution is 2.20. The topological polar surface area (TPSA) is 96.9 Å². The lowest BCUT2D eigenvalue weighted by molar-refractivity contribution is -0.135. The van der Waals surface area contributed by atoms with Crippen molar-refractivity contribution in [3.63, 3.8) is 0 Å². The summed E-state index contributed by atoms with van der Waals surface area (Å²) in [4.78, 5) is 29.8. The maximum Gasteiger partial charge on any atom is 0.340 e. The number of hydrogen-bond acceptors (Lipinski definition) is 6. The summed E-state index contributed by atoms with van der Waals surface area (Å²) in [5.74, 6) is -0.979. The van der Waals surface area contributed by atoms with Crippen LogP contribution in [-0.4, -0.2) is 67.3 Å². The molecule has 0 bridgehead atoms. The number of esters is 1. The van der Waals surface area contributed by atoms with Gasteiger partial charge in [0.25, 0.3) is 5.91 Å². The van der Waals surface area contributed by atoms with Gasteiger partial charge in [-0.05, 0) is 49.2 Å². The van der Waals surface area contributed by atoms with Crippen molar-refractivity contribution in [1.82, 2.24) is 14.2 Å². The van der Waals surface area contributed by atoms with Crippen LogP contribution in [0.2, 0.25) is 0 Å². The Bertz CT molecular complexity index is 1000. The van der Waals surface area contributed by atoms with Crippen LogP contribution in [0.4, 0.5) is 0 Å². The van der Waals surface area contributed by atoms with Crippen LogP contribution >= 0.6 is 0 Å². The zero-order valence-electron chi connectivity index (χ0n) is 16.4. The van der Waals surface area contributed by atoms with Crippen molar-refractivity contribution in [2.45, 2.75) is 18.7 Å². The van der Waals surface area contributed by atoms with Crippen LogP contribution in [0.5, 0.6) is 0 Å². The molecule has 0 radical (unpaired) electrons. The number of carbonyl (C=O) groups is 2. The number of hydrogen-bond donors (Lipinski definition) is 0. The van der Waals surface area contributed by atoms with Crippen LogP contribution in [0.1, 0.15) is 21.5 Å². The number of benzene rings is 1. The molecular formula is C20H23N3O5S. The molecular weight excluding hydrogens is 394 g/mol. The zero-order chi connectivity index (χ0) is 21.0. The van der Waals surface area contributed by atoms with E-state index in [0.29, 0.717) is 0 Å². The number of amides is 1. The summed E-state index contributed by atoms with van der Waals surface area (Å²) in [6, 6.07) is 8.22. The highest BCUT2D eigenvalue weighted by Gasteiger charge is 2.30. The van der Waals surface area contributed by atoms with Crippen molar-refractivity contribution < 1.29 is 22.7 Å². The van der Waals surface area contributed by atoms with E-state index in [1.54, 1.807) is 30.3 Å². The van der Waals surface area contributed by atoms with E-state index in [1.165, 1.54) is 21.6 Å². The first kappa shape index (κ1) is 20.9. The monoisotopic (exact) mass is 417 g/mol. The molecule has 1 aromatic heterocycles. The van der Waals surface area contributed by atoms with Crippen LogP contribution in [0.15, 0.2) is 47.6 Å². The molecule has 154 valence electrons. The fourth-order valence-corrected chi connectivity index (χ4v) is 4.49. The van der Waals surface area contributed by atoms with Gasteiger partial charge in [0, 0.05) is 38.6 Å². The van der Waals surface area contributed by atoms with E-state index in [0.717, 1.165) is 11.1 Å². The van der Waals surface area contributed by atoms with E-state index in [4.69, 9.17) is 4.74 Å². The number of rotatable bonds is 5. The normalized spacial score (nSPS) is 15.2. The average molecular weight is 417 g/mol. The second kappa shape index (κ2) is 8.71. The molecule has 0 aliphatic carbocycles. The van der Waals surface area contributed by atoms with Crippen LogP contribution in [0.3, 0.4) is 0 Å². The molecule has 29 heavy (non-hydrogen) atoms. The number of sulfonamides is 1. The summed E-state index contributed by atoms with van der Waals surface area (Å²) in [7, 11) is -3.61. The molecule has 0 spiro atoms. The first-order chi connectivity index (χ1) is 13.8. The maximum absolute atomic E-state index is 12.8. The molecule has 0 atom stereocenters. The van der Waals surface area contributed by atoms with Gasteiger partial charge in [-0.15, -0.1) is 0 Å². The average Bonchev–Trinajstić information content (AvgIpc) is 2.74. The van der Waals surface area contributed by atoms with Gasteiger partial charge in [0.2, 0.25) is 10.0 Å². The lowest BCUT2D eigenvalue weighted by Crippen LogP contribution is -2.51. The van der Waals surface area contributed by atoms with E-state index in [9.17, 15) is 18.0 Å². The third-order valence-corrected chi connectivity index (χ3v) is 6.83. The standard InChI is InChI=1S/C20H23N3O5S/c1-15-5-6-18(12-16(15)2)29(26,27)23-10-8-22(9-11-23)19(24)14-28-20(25)17-4-3-7-21-13-17/h3-7,12-13H,8-11,14H2,1-2H3. The van der Waals surface area contributed by atoms with E-state index in [1.807, 2.05) is 13.8 Å². The molecule has 3 rings (SSSR count). The third-order valence-electron chi connectivity index (χ3n) is 4.93. The Hall–Kier alpha value is -2.78. The van der Waals surface area contributed by atoms with Gasteiger partial charge >= 0.3 is 5.97 Å². The van der Waals surface area contributed by atoms with Crippen molar-refractivity contribution in [3.05, 3.63) is 59.4 Å². The summed E-state index contributed by atoms with van der Waals surface area (Å²) in [5.41, 5.74) is 2.21. The minimum atomic E-state index is -3.61. The number of carbonyl (C=O) groups excluding carboxylic acids is 2. The number of aromatic nitrogens is 1. The van der Waals surface area contributed by atoms with E-state index in [-0.39, 0.29) is 42.5 Å². The van der Waals surface area contributed by atoms with Crippen LogP contribution in [-0.2, 0) is 19.6 Å². The molecule has 1 aliphatic rings. The van der Waals surface area contributed by atoms with E-state index < -0.39 is 22.6 Å². The van der Waals surface area contributed by atoms with Crippen molar-refractivity contribution >= 4 is 21.9 Å². The predicted molar refractivity (Wildman–Crippen MR) is 106 cm³/mol. The summed E-state index contributed by atoms with van der Waals surface area (Å²) >= 11 is 0. The number of pyridine rings is 1. The summed E-state index contributed by atoms with van der Waals surface area (Å²) in [6.07, 6.45) is 2.90. The fraction of sp³-hybridized carbons (Fsp3) is 0.350. The second-order valence-electron chi connectivity index (χ2n) is 6.85. The highest BCUT2D eigenvalue weighted by molar-refractivity contribution is 7.89. The van der Waals surface area contributed by atoms with Gasteiger partial charge in [0.15, 0.2) is 6.61 Å². The summed E-state index contributed by atoms with van der Waals surface area (Å²) in [6.45, 7) is 4.28. The molecule has 1 amide bonds. The quantitative estimate of drug-likeness (QED) is 0.682. The molecule has 9 heteroatoms. The Morgan fingerprint density at radius 3 is 2.41 bits per heavy atom. The van der Waals surface area contributed by atoms with Crippen molar-refractivity contribution in [2.75, 3.05) is 32.8 Å². The smallest absolute Gasteiger partial charge is 0.340 e. The Morgan fingerprint density at radius 2 is 1.79 bits per heavy atom. The van der Waals surface area contributed by atoms with Crippen molar-refractivity contribution in [1.29, 1.82) is 0 Å². The fourth-order valence-electron chi connectivity index (χ4n) is 2.99. The lowest BCUT2D eigenvalue weighted by atomic mass is 10.1. The van der Waals surface area contributed by atoms with Gasteiger partial charge in [0.1, 0.15) is 0 Å². The third kappa shape index (κ3) is 4.80. The molecule has 1 aromatic carbocycles. The molecule has 1 fully saturated rings. The molecule has 0 unspecified atom stereocenters. The number of aryl methyl sites for hydroxylation is 2. The van der Waals surface area contributed by atoms with Gasteiger partial charge in [0.05, 0.1) is 10.5 Å².